The molecule has 0 spiro atoms. The minimum atomic E-state index is -0.528. The van der Waals surface area contributed by atoms with Gasteiger partial charge in [-0.25, -0.2) is 0 Å². The molecular weight excluding hydrogens is 291 g/mol. The number of halogens is 2. The van der Waals surface area contributed by atoms with Crippen molar-refractivity contribution in [3.63, 3.8) is 0 Å². The lowest BCUT2D eigenvalue weighted by atomic mass is 10.0. The number of rotatable bonds is 6. The summed E-state index contributed by atoms with van der Waals surface area (Å²) in [5, 5.41) is 0. The zero-order valence-electron chi connectivity index (χ0n) is 10.9. The van der Waals surface area contributed by atoms with Gasteiger partial charge in [0.1, 0.15) is 8.83 Å². The molecule has 0 heterocycles. The van der Waals surface area contributed by atoms with Gasteiger partial charge in [0.05, 0.1) is 0 Å². The van der Waals surface area contributed by atoms with E-state index in [-0.39, 0.29) is 0 Å². The molecule has 0 saturated heterocycles. The van der Waals surface area contributed by atoms with Crippen LogP contribution in [0.3, 0.4) is 0 Å². The van der Waals surface area contributed by atoms with Crippen molar-refractivity contribution in [1.29, 1.82) is 0 Å². The minimum absolute atomic E-state index is 0.528. The Morgan fingerprint density at radius 2 is 1.32 bits per heavy atom. The Bertz CT molecular complexity index is 482. The third-order valence-corrected chi connectivity index (χ3v) is 5.92. The fraction of sp³-hybridized carbons (Fsp3) is 0.250. The van der Waals surface area contributed by atoms with E-state index in [1.54, 1.807) is 0 Å². The summed E-state index contributed by atoms with van der Waals surface area (Å²) < 4.78 is 0. The number of hydrogen-bond donors (Lipinski definition) is 0. The van der Waals surface area contributed by atoms with Crippen LogP contribution in [0.4, 0.5) is 0 Å². The van der Waals surface area contributed by atoms with Crippen LogP contribution in [0.15, 0.2) is 54.6 Å². The summed E-state index contributed by atoms with van der Waals surface area (Å²) >= 11 is 12.0. The van der Waals surface area contributed by atoms with Crippen LogP contribution < -0.4 is 0 Å². The van der Waals surface area contributed by atoms with Crippen LogP contribution in [0.1, 0.15) is 16.7 Å². The van der Waals surface area contributed by atoms with Crippen LogP contribution in [0.5, 0.6) is 0 Å². The van der Waals surface area contributed by atoms with Crippen LogP contribution >= 0.6 is 22.7 Å². The van der Waals surface area contributed by atoms with Crippen LogP contribution in [0.2, 0.25) is 5.54 Å². The van der Waals surface area contributed by atoms with Gasteiger partial charge in [0, 0.05) is 5.88 Å². The van der Waals surface area contributed by atoms with Crippen LogP contribution in [0, 0.1) is 0 Å². The summed E-state index contributed by atoms with van der Waals surface area (Å²) in [4.78, 5) is 0. The molecule has 0 aromatic heterocycles. The lowest BCUT2D eigenvalue weighted by molar-refractivity contribution is 0.813. The molecule has 19 heavy (non-hydrogen) atoms. The van der Waals surface area contributed by atoms with Gasteiger partial charge in [-0.15, -0.1) is 11.6 Å². The summed E-state index contributed by atoms with van der Waals surface area (Å²) in [6, 6.07) is 19.2. The van der Waals surface area contributed by atoms with E-state index in [1.165, 1.54) is 16.7 Å². The molecule has 0 aliphatic rings. The Balaban J connectivity index is 1.98. The highest BCUT2D eigenvalue weighted by atomic mass is 35.6. The summed E-state index contributed by atoms with van der Waals surface area (Å²) in [5.41, 5.74) is 4.54. The van der Waals surface area contributed by atoms with Crippen LogP contribution in [-0.2, 0) is 18.7 Å². The van der Waals surface area contributed by atoms with Gasteiger partial charge in [-0.1, -0.05) is 54.6 Å². The van der Waals surface area contributed by atoms with E-state index in [1.807, 2.05) is 0 Å². The molecule has 2 rings (SSSR count). The summed E-state index contributed by atoms with van der Waals surface area (Å²) in [7, 11) is -0.528. The van der Waals surface area contributed by atoms with Gasteiger partial charge in [0.15, 0.2) is 0 Å². The van der Waals surface area contributed by atoms with Crippen LogP contribution in [0.25, 0.3) is 0 Å². The molecule has 0 N–H and O–H groups in total. The highest BCUT2D eigenvalue weighted by Gasteiger charge is 2.10. The molecule has 0 bridgehead atoms. The molecule has 0 saturated carbocycles. The average Bonchev–Trinajstić information content (AvgIpc) is 2.48. The molecule has 0 amide bonds. The smallest absolute Gasteiger partial charge is 0.129 e. The Morgan fingerprint density at radius 1 is 0.789 bits per heavy atom. The maximum absolute atomic E-state index is 6.24. The van der Waals surface area contributed by atoms with Crippen LogP contribution in [-0.4, -0.2) is 8.83 Å². The third-order valence-electron chi connectivity index (χ3n) is 3.29. The molecule has 0 aliphatic heterocycles. The molecule has 100 valence electrons. The van der Waals surface area contributed by atoms with Crippen molar-refractivity contribution >= 4 is 31.5 Å². The Hall–Kier alpha value is -0.763. The minimum Gasteiger partial charge on any atom is -0.176 e. The first-order valence-electron chi connectivity index (χ1n) is 6.55. The molecule has 1 atom stereocenters. The fourth-order valence-electron chi connectivity index (χ4n) is 2.23. The van der Waals surface area contributed by atoms with Gasteiger partial charge >= 0.3 is 0 Å². The average molecular weight is 309 g/mol. The number of alkyl halides is 1. The summed E-state index contributed by atoms with van der Waals surface area (Å²) in [5.74, 6) is 0.581. The van der Waals surface area contributed by atoms with Crippen molar-refractivity contribution in [3.05, 3.63) is 71.3 Å². The molecule has 3 heteroatoms. The van der Waals surface area contributed by atoms with Gasteiger partial charge < -0.3 is 0 Å². The number of benzene rings is 2. The second kappa shape index (κ2) is 7.74. The van der Waals surface area contributed by atoms with Crippen molar-refractivity contribution in [1.82, 2.24) is 0 Å². The van der Waals surface area contributed by atoms with Crippen molar-refractivity contribution in [3.8, 4) is 0 Å². The van der Waals surface area contributed by atoms with Crippen molar-refractivity contribution in [2.24, 2.45) is 0 Å². The molecular formula is C16H18Cl2Si. The molecule has 0 fully saturated rings. The predicted octanol–water partition coefficient (Wildman–Crippen LogP) is 4.32. The summed E-state index contributed by atoms with van der Waals surface area (Å²) in [6.45, 7) is 0. The largest absolute Gasteiger partial charge is 0.176 e. The van der Waals surface area contributed by atoms with Gasteiger partial charge in [-0.3, -0.25) is 0 Å². The molecule has 0 aliphatic carbocycles. The SMILES string of the molecule is ClCc1ccc(CC(Cc2ccccc2)[SiH2]Cl)cc1. The number of hydrogen-bond acceptors (Lipinski definition) is 0. The predicted molar refractivity (Wildman–Crippen MR) is 88.0 cm³/mol. The van der Waals surface area contributed by atoms with E-state index in [9.17, 15) is 0 Å². The first-order valence-corrected chi connectivity index (χ1v) is 10.0. The van der Waals surface area contributed by atoms with E-state index in [2.05, 4.69) is 54.6 Å². The van der Waals surface area contributed by atoms with Crippen molar-refractivity contribution in [2.45, 2.75) is 24.3 Å². The topological polar surface area (TPSA) is 0 Å². The standard InChI is InChI=1S/C16H18Cl2Si/c17-12-15-8-6-14(7-9-15)11-16(19-18)10-13-4-2-1-3-5-13/h1-9,16H,10-12,19H2. The molecule has 2 aromatic rings. The van der Waals surface area contributed by atoms with E-state index in [0.717, 1.165) is 12.8 Å². The van der Waals surface area contributed by atoms with Gasteiger partial charge in [0.2, 0.25) is 0 Å². The lowest BCUT2D eigenvalue weighted by Gasteiger charge is -2.14. The van der Waals surface area contributed by atoms with Gasteiger partial charge in [-0.2, -0.15) is 11.1 Å². The normalized spacial score (nSPS) is 12.9. The molecule has 1 unspecified atom stereocenters. The van der Waals surface area contributed by atoms with Gasteiger partial charge in [-0.05, 0) is 35.1 Å². The Kier molecular flexibility index (Phi) is 5.96. The second-order valence-corrected chi connectivity index (χ2v) is 7.52. The second-order valence-electron chi connectivity index (χ2n) is 4.86. The Morgan fingerprint density at radius 3 is 1.84 bits per heavy atom. The molecule has 0 nitrogen and oxygen atoms in total. The van der Waals surface area contributed by atoms with Crippen molar-refractivity contribution in [2.75, 3.05) is 0 Å². The monoisotopic (exact) mass is 308 g/mol. The zero-order valence-corrected chi connectivity index (χ0v) is 13.8. The van der Waals surface area contributed by atoms with E-state index < -0.39 is 8.83 Å². The summed E-state index contributed by atoms with van der Waals surface area (Å²) in [6.07, 6.45) is 2.17. The lowest BCUT2D eigenvalue weighted by Crippen LogP contribution is -2.06. The van der Waals surface area contributed by atoms with Crippen molar-refractivity contribution < 1.29 is 0 Å². The fourth-order valence-corrected chi connectivity index (χ4v) is 3.94. The maximum Gasteiger partial charge on any atom is 0.129 e. The van der Waals surface area contributed by atoms with Gasteiger partial charge in [0.25, 0.3) is 0 Å². The maximum atomic E-state index is 6.24. The molecule has 0 radical (unpaired) electrons. The molecule has 2 aromatic carbocycles. The zero-order chi connectivity index (χ0) is 13.5. The van der Waals surface area contributed by atoms with E-state index in [0.29, 0.717) is 11.4 Å². The third kappa shape index (κ3) is 4.68. The Labute approximate surface area is 127 Å². The first-order chi connectivity index (χ1) is 9.31. The van der Waals surface area contributed by atoms with E-state index >= 15 is 0 Å². The van der Waals surface area contributed by atoms with E-state index in [4.69, 9.17) is 22.7 Å². The first kappa shape index (κ1) is 14.6. The highest BCUT2D eigenvalue weighted by Crippen LogP contribution is 2.20. The quantitative estimate of drug-likeness (QED) is 0.423. The highest BCUT2D eigenvalue weighted by molar-refractivity contribution is 6.94.